The minimum absolute atomic E-state index is 0.0520. The maximum atomic E-state index is 13.4. The maximum Gasteiger partial charge on any atom is 0.266 e. The Morgan fingerprint density at radius 1 is 0.700 bits per heavy atom. The van der Waals surface area contributed by atoms with Gasteiger partial charge >= 0.3 is 0 Å². The van der Waals surface area contributed by atoms with Crippen LogP contribution in [0.2, 0.25) is 0 Å². The zero-order valence-electron chi connectivity index (χ0n) is 21.3. The fraction of sp³-hybridized carbons (Fsp3) is 0.0625. The van der Waals surface area contributed by atoms with Crippen LogP contribution in [0.5, 0.6) is 0 Å². The molecule has 3 aromatic rings. The van der Waals surface area contributed by atoms with Crippen molar-refractivity contribution in [2.45, 2.75) is 6.42 Å². The smallest absolute Gasteiger partial charge is 0.266 e. The molecule has 3 aliphatic rings. The lowest BCUT2D eigenvalue weighted by Crippen LogP contribution is -2.29. The predicted molar refractivity (Wildman–Crippen MR) is 146 cm³/mol. The second kappa shape index (κ2) is 9.06. The molecule has 0 fully saturated rings. The van der Waals surface area contributed by atoms with Crippen LogP contribution in [0.3, 0.4) is 0 Å². The topological polar surface area (TPSA) is 109 Å². The number of rotatable bonds is 5. The second-order valence-corrected chi connectivity index (χ2v) is 9.73. The monoisotopic (exact) mass is 528 g/mol. The van der Waals surface area contributed by atoms with Crippen LogP contribution in [0, 0.1) is 0 Å². The van der Waals surface area contributed by atoms with Crippen molar-refractivity contribution in [1.82, 2.24) is 4.90 Å². The van der Waals surface area contributed by atoms with E-state index < -0.39 is 29.4 Å². The number of nitrogens with zero attached hydrogens (tertiary/aromatic N) is 2. The number of anilines is 1. The van der Waals surface area contributed by atoms with Gasteiger partial charge in [-0.1, -0.05) is 54.6 Å². The van der Waals surface area contributed by atoms with Crippen LogP contribution in [0.25, 0.3) is 0 Å². The number of amides is 4. The number of imide groups is 2. The van der Waals surface area contributed by atoms with Gasteiger partial charge in [0.05, 0.1) is 27.9 Å². The van der Waals surface area contributed by atoms with Crippen LogP contribution >= 0.6 is 0 Å². The molecule has 1 aliphatic carbocycles. The van der Waals surface area contributed by atoms with E-state index in [0.29, 0.717) is 17.6 Å². The van der Waals surface area contributed by atoms with Gasteiger partial charge in [0.15, 0.2) is 11.6 Å². The van der Waals surface area contributed by atoms with E-state index in [0.717, 1.165) is 15.4 Å². The second-order valence-electron chi connectivity index (χ2n) is 9.73. The van der Waals surface area contributed by atoms with Gasteiger partial charge in [0.1, 0.15) is 0 Å². The molecule has 2 aliphatic heterocycles. The molecule has 0 spiro atoms. The summed E-state index contributed by atoms with van der Waals surface area (Å²) in [5.41, 5.74) is 2.78. The van der Waals surface area contributed by atoms with E-state index in [9.17, 15) is 28.8 Å². The molecule has 0 saturated carbocycles. The molecule has 0 atom stereocenters. The van der Waals surface area contributed by atoms with Crippen molar-refractivity contribution >= 4 is 40.9 Å². The first kappa shape index (κ1) is 24.8. The van der Waals surface area contributed by atoms with E-state index in [1.165, 1.54) is 49.5 Å². The number of fused-ring (bicyclic) bond motifs is 2. The largest absolute Gasteiger partial charge is 0.289 e. The van der Waals surface area contributed by atoms with E-state index in [1.54, 1.807) is 30.4 Å². The summed E-state index contributed by atoms with van der Waals surface area (Å²) in [6.07, 6.45) is 5.71. The molecule has 2 heterocycles. The number of ketones is 2. The summed E-state index contributed by atoms with van der Waals surface area (Å²) in [4.78, 5) is 79.5. The SMILES string of the molecule is C=C1C=CC=C(C(=O)c2cccc(N3C(=O)c4ccc(C(=O)c5ccc6c(c5)C(=O)N(C)C6=O)cc4C3=O)c2)C1. The van der Waals surface area contributed by atoms with Gasteiger partial charge in [0, 0.05) is 35.7 Å². The number of hydrogen-bond donors (Lipinski definition) is 0. The standard InChI is InChI=1S/C32H20N2O6/c1-17-5-3-6-18(13-17)27(35)19-7-4-8-22(14-19)34-31(39)24-12-10-21(16-26(24)32(34)40)28(36)20-9-11-23-25(15-20)30(38)33(2)29(23)37/h3-12,14-16H,1,13H2,2H3. The molecule has 0 N–H and O–H groups in total. The number of Topliss-reactive ketones (excluding diaryl/α,β-unsaturated/α-hetero) is 1. The van der Waals surface area contributed by atoms with Gasteiger partial charge in [0.2, 0.25) is 0 Å². The van der Waals surface area contributed by atoms with Crippen LogP contribution in [0.1, 0.15) is 74.1 Å². The van der Waals surface area contributed by atoms with E-state index in [-0.39, 0.29) is 44.9 Å². The fourth-order valence-corrected chi connectivity index (χ4v) is 5.08. The summed E-state index contributed by atoms with van der Waals surface area (Å²) in [6, 6.07) is 14.7. The Morgan fingerprint density at radius 3 is 1.95 bits per heavy atom. The highest BCUT2D eigenvalue weighted by molar-refractivity contribution is 6.35. The third kappa shape index (κ3) is 3.77. The Hall–Kier alpha value is -5.50. The highest BCUT2D eigenvalue weighted by atomic mass is 16.2. The van der Waals surface area contributed by atoms with Crippen LogP contribution in [0.4, 0.5) is 5.69 Å². The summed E-state index contributed by atoms with van der Waals surface area (Å²) in [5, 5.41) is 0. The molecule has 0 bridgehead atoms. The lowest BCUT2D eigenvalue weighted by molar-refractivity contribution is 0.0691. The van der Waals surface area contributed by atoms with E-state index in [2.05, 4.69) is 6.58 Å². The molecular formula is C32H20N2O6. The van der Waals surface area contributed by atoms with Crippen LogP contribution < -0.4 is 4.90 Å². The zero-order valence-corrected chi connectivity index (χ0v) is 21.3. The minimum atomic E-state index is -0.621. The van der Waals surface area contributed by atoms with Crippen molar-refractivity contribution in [3.8, 4) is 0 Å². The molecule has 0 unspecified atom stereocenters. The summed E-state index contributed by atoms with van der Waals surface area (Å²) in [5.74, 6) is -2.82. The van der Waals surface area contributed by atoms with Gasteiger partial charge in [0.25, 0.3) is 23.6 Å². The molecule has 0 saturated heterocycles. The summed E-state index contributed by atoms with van der Waals surface area (Å²) >= 11 is 0. The maximum absolute atomic E-state index is 13.4. The normalized spacial score (nSPS) is 15.9. The zero-order chi connectivity index (χ0) is 28.3. The van der Waals surface area contributed by atoms with Crippen LogP contribution in [-0.2, 0) is 0 Å². The molecule has 6 rings (SSSR count). The fourth-order valence-electron chi connectivity index (χ4n) is 5.08. The van der Waals surface area contributed by atoms with Crippen molar-refractivity contribution in [3.05, 3.63) is 136 Å². The minimum Gasteiger partial charge on any atom is -0.289 e. The average molecular weight is 529 g/mol. The molecule has 194 valence electrons. The Bertz CT molecular complexity index is 1830. The van der Waals surface area contributed by atoms with Gasteiger partial charge in [-0.3, -0.25) is 33.7 Å². The Balaban J connectivity index is 1.30. The summed E-state index contributed by atoms with van der Waals surface area (Å²) < 4.78 is 0. The predicted octanol–water partition coefficient (Wildman–Crippen LogP) is 4.57. The van der Waals surface area contributed by atoms with Gasteiger partial charge in [-0.15, -0.1) is 0 Å². The van der Waals surface area contributed by atoms with E-state index in [1.807, 2.05) is 6.08 Å². The van der Waals surface area contributed by atoms with Gasteiger partial charge in [-0.25, -0.2) is 4.90 Å². The van der Waals surface area contributed by atoms with Crippen molar-refractivity contribution in [2.24, 2.45) is 0 Å². The van der Waals surface area contributed by atoms with Crippen molar-refractivity contribution in [2.75, 3.05) is 11.9 Å². The summed E-state index contributed by atoms with van der Waals surface area (Å²) in [7, 11) is 1.37. The summed E-state index contributed by atoms with van der Waals surface area (Å²) in [6.45, 7) is 3.90. The van der Waals surface area contributed by atoms with Gasteiger partial charge in [-0.05, 0) is 36.4 Å². The Labute approximate surface area is 228 Å². The van der Waals surface area contributed by atoms with Crippen LogP contribution in [-0.4, -0.2) is 47.1 Å². The van der Waals surface area contributed by atoms with Gasteiger partial charge in [-0.2, -0.15) is 0 Å². The number of carbonyl (C=O) groups excluding carboxylic acids is 6. The molecule has 40 heavy (non-hydrogen) atoms. The lowest BCUT2D eigenvalue weighted by atomic mass is 9.94. The third-order valence-electron chi connectivity index (χ3n) is 7.21. The highest BCUT2D eigenvalue weighted by Crippen LogP contribution is 2.32. The van der Waals surface area contributed by atoms with Crippen molar-refractivity contribution < 1.29 is 28.8 Å². The number of carbonyl (C=O) groups is 6. The van der Waals surface area contributed by atoms with Crippen LogP contribution in [0.15, 0.2) is 96.6 Å². The first-order chi connectivity index (χ1) is 19.2. The molecule has 0 aromatic heterocycles. The molecular weight excluding hydrogens is 508 g/mol. The number of allylic oxidation sites excluding steroid dienone is 5. The van der Waals surface area contributed by atoms with Crippen molar-refractivity contribution in [3.63, 3.8) is 0 Å². The highest BCUT2D eigenvalue weighted by Gasteiger charge is 2.38. The number of benzene rings is 3. The average Bonchev–Trinajstić information content (AvgIpc) is 3.35. The lowest BCUT2D eigenvalue weighted by Gasteiger charge is -2.16. The molecule has 4 amide bonds. The number of hydrogen-bond acceptors (Lipinski definition) is 6. The molecule has 8 heteroatoms. The van der Waals surface area contributed by atoms with Crippen molar-refractivity contribution in [1.29, 1.82) is 0 Å². The van der Waals surface area contributed by atoms with E-state index in [4.69, 9.17) is 0 Å². The first-order valence-electron chi connectivity index (χ1n) is 12.4. The Kier molecular flexibility index (Phi) is 5.62. The Morgan fingerprint density at radius 2 is 1.27 bits per heavy atom. The molecule has 3 aromatic carbocycles. The quantitative estimate of drug-likeness (QED) is 0.355. The van der Waals surface area contributed by atoms with Gasteiger partial charge < -0.3 is 0 Å². The third-order valence-corrected chi connectivity index (χ3v) is 7.21. The molecule has 0 radical (unpaired) electrons. The van der Waals surface area contributed by atoms with E-state index >= 15 is 0 Å². The molecule has 8 nitrogen and oxygen atoms in total. The first-order valence-corrected chi connectivity index (χ1v) is 12.4.